The van der Waals surface area contributed by atoms with Gasteiger partial charge in [0.2, 0.25) is 5.89 Å². The summed E-state index contributed by atoms with van der Waals surface area (Å²) in [5, 5.41) is 13.4. The van der Waals surface area contributed by atoms with Crippen molar-refractivity contribution in [1.29, 1.82) is 0 Å². The average Bonchev–Trinajstić information content (AvgIpc) is 2.64. The minimum atomic E-state index is -0.669. The molecular formula is C12H21N3O2. The van der Waals surface area contributed by atoms with Gasteiger partial charge in [0.1, 0.15) is 6.04 Å². The zero-order valence-corrected chi connectivity index (χ0v) is 10.3. The monoisotopic (exact) mass is 239 g/mol. The Hall–Kier alpha value is -0.940. The van der Waals surface area contributed by atoms with E-state index in [1.54, 1.807) is 6.92 Å². The molecule has 5 nitrogen and oxygen atoms in total. The maximum atomic E-state index is 9.39. The number of nitrogens with two attached hydrogens (primary N) is 1. The fraction of sp³-hybridized carbons (Fsp3) is 0.833. The van der Waals surface area contributed by atoms with E-state index >= 15 is 0 Å². The van der Waals surface area contributed by atoms with Crippen molar-refractivity contribution >= 4 is 0 Å². The summed E-state index contributed by atoms with van der Waals surface area (Å²) >= 11 is 0. The fourth-order valence-corrected chi connectivity index (χ4v) is 2.29. The quantitative estimate of drug-likeness (QED) is 0.787. The smallest absolute Gasteiger partial charge is 0.246 e. The summed E-state index contributed by atoms with van der Waals surface area (Å²) in [5.41, 5.74) is 5.77. The lowest BCUT2D eigenvalue weighted by Crippen LogP contribution is -2.23. The highest BCUT2D eigenvalue weighted by molar-refractivity contribution is 4.99. The molecule has 2 rings (SSSR count). The molecule has 0 unspecified atom stereocenters. The Morgan fingerprint density at radius 2 is 1.94 bits per heavy atom. The third-order valence-electron chi connectivity index (χ3n) is 3.48. The van der Waals surface area contributed by atoms with Gasteiger partial charge in [0.25, 0.3) is 0 Å². The number of hydrogen-bond acceptors (Lipinski definition) is 5. The van der Waals surface area contributed by atoms with Crippen LogP contribution in [0.15, 0.2) is 4.52 Å². The second kappa shape index (κ2) is 5.60. The van der Waals surface area contributed by atoms with Crippen molar-refractivity contribution in [3.63, 3.8) is 0 Å². The van der Waals surface area contributed by atoms with Crippen molar-refractivity contribution in [2.24, 2.45) is 5.73 Å². The van der Waals surface area contributed by atoms with Crippen LogP contribution in [0.4, 0.5) is 0 Å². The molecule has 0 spiro atoms. The molecule has 1 aromatic heterocycles. The first-order valence-corrected chi connectivity index (χ1v) is 6.45. The van der Waals surface area contributed by atoms with Crippen molar-refractivity contribution in [2.45, 2.75) is 63.5 Å². The van der Waals surface area contributed by atoms with E-state index in [1.807, 2.05) is 0 Å². The first-order chi connectivity index (χ1) is 8.18. The minimum absolute atomic E-state index is 0.347. The Morgan fingerprint density at radius 3 is 2.53 bits per heavy atom. The third kappa shape index (κ3) is 3.04. The van der Waals surface area contributed by atoms with Crippen LogP contribution in [0.1, 0.15) is 69.1 Å². The average molecular weight is 239 g/mol. The summed E-state index contributed by atoms with van der Waals surface area (Å²) in [7, 11) is 0. The summed E-state index contributed by atoms with van der Waals surface area (Å²) in [4.78, 5) is 4.33. The molecule has 1 aliphatic rings. The van der Waals surface area contributed by atoms with E-state index in [0.717, 1.165) is 18.7 Å². The SMILES string of the molecule is C[C@@H](O)[C@H](N)c1nc(C2CCCCCC2)no1. The molecule has 17 heavy (non-hydrogen) atoms. The molecule has 96 valence electrons. The Bertz CT molecular complexity index is 343. The predicted octanol–water partition coefficient (Wildman–Crippen LogP) is 1.89. The van der Waals surface area contributed by atoms with Gasteiger partial charge in [0.15, 0.2) is 5.82 Å². The highest BCUT2D eigenvalue weighted by Crippen LogP contribution is 2.30. The van der Waals surface area contributed by atoms with Gasteiger partial charge in [0.05, 0.1) is 6.10 Å². The van der Waals surface area contributed by atoms with Crippen molar-refractivity contribution in [1.82, 2.24) is 10.1 Å². The maximum absolute atomic E-state index is 9.39. The normalized spacial score (nSPS) is 22.1. The Balaban J connectivity index is 2.06. The topological polar surface area (TPSA) is 85.2 Å². The van der Waals surface area contributed by atoms with Crippen LogP contribution in [0.3, 0.4) is 0 Å². The van der Waals surface area contributed by atoms with Crippen LogP contribution in [0.5, 0.6) is 0 Å². The largest absolute Gasteiger partial charge is 0.391 e. The van der Waals surface area contributed by atoms with E-state index in [2.05, 4.69) is 10.1 Å². The minimum Gasteiger partial charge on any atom is -0.391 e. The Morgan fingerprint density at radius 1 is 1.29 bits per heavy atom. The molecular weight excluding hydrogens is 218 g/mol. The van der Waals surface area contributed by atoms with E-state index in [4.69, 9.17) is 10.3 Å². The second-order valence-corrected chi connectivity index (χ2v) is 4.95. The Kier molecular flexibility index (Phi) is 4.12. The third-order valence-corrected chi connectivity index (χ3v) is 3.48. The molecule has 0 aliphatic heterocycles. The van der Waals surface area contributed by atoms with E-state index in [-0.39, 0.29) is 0 Å². The second-order valence-electron chi connectivity index (χ2n) is 4.95. The predicted molar refractivity (Wildman–Crippen MR) is 63.4 cm³/mol. The zero-order chi connectivity index (χ0) is 12.3. The standard InChI is InChI=1S/C12H21N3O2/c1-8(16)10(13)12-14-11(15-17-12)9-6-4-2-3-5-7-9/h8-10,16H,2-7,13H2,1H3/t8-,10+/m1/s1. The lowest BCUT2D eigenvalue weighted by atomic mass is 10.00. The molecule has 0 amide bonds. The molecule has 0 saturated heterocycles. The molecule has 0 aromatic carbocycles. The van der Waals surface area contributed by atoms with Gasteiger partial charge >= 0.3 is 0 Å². The van der Waals surface area contributed by atoms with Gasteiger partial charge in [-0.1, -0.05) is 30.8 Å². The molecule has 0 radical (unpaired) electrons. The number of aliphatic hydroxyl groups excluding tert-OH is 1. The van der Waals surface area contributed by atoms with Crippen molar-refractivity contribution in [2.75, 3.05) is 0 Å². The summed E-state index contributed by atoms with van der Waals surface area (Å²) in [6.45, 7) is 1.63. The Labute approximate surface area is 101 Å². The van der Waals surface area contributed by atoms with Crippen LogP contribution in [0, 0.1) is 0 Å². The number of aliphatic hydroxyl groups is 1. The van der Waals surface area contributed by atoms with E-state index in [0.29, 0.717) is 11.8 Å². The van der Waals surface area contributed by atoms with Crippen LogP contribution in [0.25, 0.3) is 0 Å². The van der Waals surface area contributed by atoms with E-state index in [1.165, 1.54) is 25.7 Å². The van der Waals surface area contributed by atoms with Crippen molar-refractivity contribution in [3.8, 4) is 0 Å². The number of rotatable bonds is 3. The van der Waals surface area contributed by atoms with Gasteiger partial charge in [-0.15, -0.1) is 0 Å². The molecule has 3 N–H and O–H groups in total. The lowest BCUT2D eigenvalue weighted by Gasteiger charge is -2.09. The maximum Gasteiger partial charge on any atom is 0.246 e. The highest BCUT2D eigenvalue weighted by atomic mass is 16.5. The van der Waals surface area contributed by atoms with Crippen LogP contribution in [0.2, 0.25) is 0 Å². The molecule has 1 saturated carbocycles. The summed E-state index contributed by atoms with van der Waals surface area (Å²) in [5.74, 6) is 1.51. The van der Waals surface area contributed by atoms with E-state index < -0.39 is 12.1 Å². The highest BCUT2D eigenvalue weighted by Gasteiger charge is 2.23. The molecule has 1 aromatic rings. The van der Waals surface area contributed by atoms with Gasteiger partial charge in [-0.2, -0.15) is 4.98 Å². The zero-order valence-electron chi connectivity index (χ0n) is 10.3. The molecule has 0 bridgehead atoms. The number of hydrogen-bond donors (Lipinski definition) is 2. The van der Waals surface area contributed by atoms with Crippen molar-refractivity contribution < 1.29 is 9.63 Å². The summed E-state index contributed by atoms with van der Waals surface area (Å²) in [6, 6.07) is -0.581. The fourth-order valence-electron chi connectivity index (χ4n) is 2.29. The number of aromatic nitrogens is 2. The molecule has 1 heterocycles. The lowest BCUT2D eigenvalue weighted by molar-refractivity contribution is 0.146. The first kappa shape index (κ1) is 12.5. The molecule has 1 fully saturated rings. The van der Waals surface area contributed by atoms with Crippen molar-refractivity contribution in [3.05, 3.63) is 11.7 Å². The van der Waals surface area contributed by atoms with Gasteiger partial charge in [-0.3, -0.25) is 0 Å². The van der Waals surface area contributed by atoms with Gasteiger partial charge in [-0.25, -0.2) is 0 Å². The summed E-state index contributed by atoms with van der Waals surface area (Å²) in [6.07, 6.45) is 6.65. The van der Waals surface area contributed by atoms with E-state index in [9.17, 15) is 5.11 Å². The van der Waals surface area contributed by atoms with Crippen LogP contribution >= 0.6 is 0 Å². The van der Waals surface area contributed by atoms with Gasteiger partial charge < -0.3 is 15.4 Å². The first-order valence-electron chi connectivity index (χ1n) is 6.45. The van der Waals surface area contributed by atoms with Crippen LogP contribution < -0.4 is 5.73 Å². The summed E-state index contributed by atoms with van der Waals surface area (Å²) < 4.78 is 5.14. The molecule has 1 aliphatic carbocycles. The van der Waals surface area contributed by atoms with Gasteiger partial charge in [0, 0.05) is 5.92 Å². The number of nitrogens with zero attached hydrogens (tertiary/aromatic N) is 2. The van der Waals surface area contributed by atoms with Crippen LogP contribution in [-0.4, -0.2) is 21.4 Å². The molecule has 5 heteroatoms. The van der Waals surface area contributed by atoms with Gasteiger partial charge in [-0.05, 0) is 19.8 Å². The molecule has 2 atom stereocenters. The van der Waals surface area contributed by atoms with Crippen LogP contribution in [-0.2, 0) is 0 Å².